The molecule has 0 bridgehead atoms. The topological polar surface area (TPSA) is 85.0 Å². The van der Waals surface area contributed by atoms with Gasteiger partial charge in [-0.25, -0.2) is 0 Å². The Hall–Kier alpha value is -2.74. The second-order valence-electron chi connectivity index (χ2n) is 5.10. The van der Waals surface area contributed by atoms with Crippen LogP contribution in [0, 0.1) is 10.1 Å². The van der Waals surface area contributed by atoms with E-state index in [4.69, 9.17) is 4.74 Å². The summed E-state index contributed by atoms with van der Waals surface area (Å²) >= 11 is 3.38. The molecule has 0 radical (unpaired) electrons. The van der Waals surface area contributed by atoms with Gasteiger partial charge in [0.05, 0.1) is 4.92 Å². The average molecular weight is 390 g/mol. The Morgan fingerprint density at radius 2 is 2.00 bits per heavy atom. The fourth-order valence-electron chi connectivity index (χ4n) is 2.28. The SMILES string of the molecule is CC(=O)N1N=C(c2cccc(Br)c2)O[C@@H]1c1ccc([N+](=O)[O-])cc1. The number of carbonyl (C=O) groups is 1. The summed E-state index contributed by atoms with van der Waals surface area (Å²) in [7, 11) is 0. The van der Waals surface area contributed by atoms with Crippen LogP contribution in [-0.2, 0) is 9.53 Å². The van der Waals surface area contributed by atoms with Crippen molar-refractivity contribution in [2.75, 3.05) is 0 Å². The van der Waals surface area contributed by atoms with E-state index >= 15 is 0 Å². The van der Waals surface area contributed by atoms with E-state index in [0.29, 0.717) is 11.5 Å². The van der Waals surface area contributed by atoms with Gasteiger partial charge in [-0.15, -0.1) is 5.10 Å². The Bertz CT molecular complexity index is 835. The lowest BCUT2D eigenvalue weighted by atomic mass is 10.1. The Labute approximate surface area is 145 Å². The van der Waals surface area contributed by atoms with Gasteiger partial charge in [-0.3, -0.25) is 14.9 Å². The van der Waals surface area contributed by atoms with E-state index in [1.807, 2.05) is 24.3 Å². The van der Waals surface area contributed by atoms with Crippen molar-refractivity contribution in [1.82, 2.24) is 5.01 Å². The van der Waals surface area contributed by atoms with Gasteiger partial charge in [0, 0.05) is 34.7 Å². The summed E-state index contributed by atoms with van der Waals surface area (Å²) in [6.07, 6.45) is -0.753. The molecular weight excluding hydrogens is 378 g/mol. The lowest BCUT2D eigenvalue weighted by molar-refractivity contribution is -0.384. The zero-order chi connectivity index (χ0) is 17.3. The van der Waals surface area contributed by atoms with Gasteiger partial charge in [-0.1, -0.05) is 22.0 Å². The number of nitrogens with zero attached hydrogens (tertiary/aromatic N) is 3. The number of nitro benzene ring substituents is 1. The van der Waals surface area contributed by atoms with Crippen molar-refractivity contribution in [3.05, 3.63) is 74.2 Å². The van der Waals surface area contributed by atoms with Crippen molar-refractivity contribution in [2.24, 2.45) is 5.10 Å². The first kappa shape index (κ1) is 16.1. The summed E-state index contributed by atoms with van der Waals surface area (Å²) < 4.78 is 6.69. The molecule has 1 amide bonds. The number of rotatable bonds is 3. The van der Waals surface area contributed by atoms with Crippen LogP contribution in [-0.4, -0.2) is 21.7 Å². The van der Waals surface area contributed by atoms with Crippen LogP contribution in [0.3, 0.4) is 0 Å². The molecule has 2 aromatic carbocycles. The van der Waals surface area contributed by atoms with Gasteiger partial charge >= 0.3 is 0 Å². The monoisotopic (exact) mass is 389 g/mol. The maximum Gasteiger partial charge on any atom is 0.269 e. The van der Waals surface area contributed by atoms with Crippen molar-refractivity contribution in [3.63, 3.8) is 0 Å². The first-order valence-corrected chi connectivity index (χ1v) is 7.80. The van der Waals surface area contributed by atoms with E-state index in [9.17, 15) is 14.9 Å². The van der Waals surface area contributed by atoms with Gasteiger partial charge in [0.15, 0.2) is 0 Å². The zero-order valence-electron chi connectivity index (χ0n) is 12.5. The van der Waals surface area contributed by atoms with E-state index in [2.05, 4.69) is 21.0 Å². The third-order valence-electron chi connectivity index (χ3n) is 3.43. The summed E-state index contributed by atoms with van der Waals surface area (Å²) in [5.41, 5.74) is 1.30. The van der Waals surface area contributed by atoms with Crippen LogP contribution in [0.25, 0.3) is 0 Å². The summed E-state index contributed by atoms with van der Waals surface area (Å²) in [5, 5.41) is 16.2. The minimum atomic E-state index is -0.753. The van der Waals surface area contributed by atoms with Gasteiger partial charge in [0.25, 0.3) is 5.69 Å². The molecule has 0 saturated carbocycles. The Morgan fingerprint density at radius 1 is 1.29 bits per heavy atom. The van der Waals surface area contributed by atoms with Crippen LogP contribution in [0.1, 0.15) is 24.3 Å². The van der Waals surface area contributed by atoms with Crippen molar-refractivity contribution >= 4 is 33.4 Å². The predicted octanol–water partition coefficient (Wildman–Crippen LogP) is 3.60. The van der Waals surface area contributed by atoms with Gasteiger partial charge < -0.3 is 4.74 Å². The van der Waals surface area contributed by atoms with Gasteiger partial charge in [0.2, 0.25) is 18.0 Å². The maximum absolute atomic E-state index is 11.9. The van der Waals surface area contributed by atoms with E-state index in [0.717, 1.165) is 10.0 Å². The number of nitro groups is 1. The summed E-state index contributed by atoms with van der Waals surface area (Å²) in [6.45, 7) is 1.38. The molecule has 0 N–H and O–H groups in total. The number of halogens is 1. The third-order valence-corrected chi connectivity index (χ3v) is 3.92. The first-order chi connectivity index (χ1) is 11.5. The quantitative estimate of drug-likeness (QED) is 0.592. The van der Waals surface area contributed by atoms with Crippen LogP contribution in [0.5, 0.6) is 0 Å². The van der Waals surface area contributed by atoms with Crippen molar-refractivity contribution in [2.45, 2.75) is 13.2 Å². The molecule has 0 unspecified atom stereocenters. The lowest BCUT2D eigenvalue weighted by Gasteiger charge is -2.19. The Kier molecular flexibility index (Phi) is 4.30. The van der Waals surface area contributed by atoms with Crippen LogP contribution in [0.15, 0.2) is 58.1 Å². The molecule has 2 aromatic rings. The normalized spacial score (nSPS) is 16.5. The summed E-state index contributed by atoms with van der Waals surface area (Å²) in [6, 6.07) is 13.2. The minimum Gasteiger partial charge on any atom is -0.446 e. The van der Waals surface area contributed by atoms with Gasteiger partial charge in [-0.2, -0.15) is 5.01 Å². The smallest absolute Gasteiger partial charge is 0.269 e. The Morgan fingerprint density at radius 3 is 2.58 bits per heavy atom. The molecule has 7 nitrogen and oxygen atoms in total. The molecular formula is C16H12BrN3O4. The highest BCUT2D eigenvalue weighted by atomic mass is 79.9. The highest BCUT2D eigenvalue weighted by molar-refractivity contribution is 9.10. The average Bonchev–Trinajstić information content (AvgIpc) is 3.00. The number of hydrazone groups is 1. The molecule has 0 spiro atoms. The fraction of sp³-hybridized carbons (Fsp3) is 0.125. The van der Waals surface area contributed by atoms with Crippen LogP contribution in [0.4, 0.5) is 5.69 Å². The van der Waals surface area contributed by atoms with Gasteiger partial charge in [-0.05, 0) is 30.3 Å². The number of hydrogen-bond acceptors (Lipinski definition) is 5. The molecule has 0 aromatic heterocycles. The number of ether oxygens (including phenoxy) is 1. The van der Waals surface area contributed by atoms with Gasteiger partial charge in [0.1, 0.15) is 0 Å². The second-order valence-corrected chi connectivity index (χ2v) is 6.01. The van der Waals surface area contributed by atoms with E-state index in [1.165, 1.54) is 24.1 Å². The van der Waals surface area contributed by atoms with E-state index in [1.54, 1.807) is 12.1 Å². The maximum atomic E-state index is 11.9. The molecule has 8 heteroatoms. The highest BCUT2D eigenvalue weighted by Gasteiger charge is 2.33. The molecule has 122 valence electrons. The lowest BCUT2D eigenvalue weighted by Crippen LogP contribution is -2.25. The summed E-state index contributed by atoms with van der Waals surface area (Å²) in [4.78, 5) is 22.1. The van der Waals surface area contributed by atoms with Crippen molar-refractivity contribution in [1.29, 1.82) is 0 Å². The molecule has 1 aliphatic rings. The molecule has 1 atom stereocenters. The minimum absolute atomic E-state index is 0.0285. The van der Waals surface area contributed by atoms with E-state index in [-0.39, 0.29) is 11.6 Å². The molecule has 24 heavy (non-hydrogen) atoms. The molecule has 0 aliphatic carbocycles. The predicted molar refractivity (Wildman–Crippen MR) is 90.1 cm³/mol. The largest absolute Gasteiger partial charge is 0.446 e. The number of carbonyl (C=O) groups excluding carboxylic acids is 1. The highest BCUT2D eigenvalue weighted by Crippen LogP contribution is 2.31. The van der Waals surface area contributed by atoms with Crippen molar-refractivity contribution < 1.29 is 14.5 Å². The first-order valence-electron chi connectivity index (χ1n) is 7.01. The fourth-order valence-corrected chi connectivity index (χ4v) is 2.68. The van der Waals surface area contributed by atoms with Crippen molar-refractivity contribution in [3.8, 4) is 0 Å². The standard InChI is InChI=1S/C16H12BrN3O4/c1-10(21)19-16(11-5-7-14(8-6-11)20(22)23)24-15(18-19)12-3-2-4-13(17)9-12/h2-9,16H,1H3/t16-/m1/s1. The zero-order valence-corrected chi connectivity index (χ0v) is 14.1. The molecule has 3 rings (SSSR count). The van der Waals surface area contributed by atoms with Crippen LogP contribution in [0.2, 0.25) is 0 Å². The number of benzene rings is 2. The summed E-state index contributed by atoms with van der Waals surface area (Å²) in [5.74, 6) is 0.0261. The van der Waals surface area contributed by atoms with Crippen LogP contribution < -0.4 is 0 Å². The molecule has 0 fully saturated rings. The number of non-ortho nitro benzene ring substituents is 1. The molecule has 1 heterocycles. The molecule has 1 aliphatic heterocycles. The van der Waals surface area contributed by atoms with Crippen LogP contribution >= 0.6 is 15.9 Å². The number of hydrogen-bond donors (Lipinski definition) is 0. The van der Waals surface area contributed by atoms with E-state index < -0.39 is 11.2 Å². The molecule has 0 saturated heterocycles. The second kappa shape index (κ2) is 6.40. The third kappa shape index (κ3) is 3.13. The number of amides is 1. The Balaban J connectivity index is 1.92.